The van der Waals surface area contributed by atoms with Crippen LogP contribution >= 0.6 is 11.6 Å². The number of rotatable bonds is 6. The van der Waals surface area contributed by atoms with Crippen LogP contribution in [0.15, 0.2) is 24.3 Å². The molecule has 4 heteroatoms. The average molecular weight is 282 g/mol. The molecule has 0 aliphatic carbocycles. The Hall–Kier alpha value is -1.48. The summed E-state index contributed by atoms with van der Waals surface area (Å²) >= 11 is 6.18. The first-order valence-corrected chi connectivity index (χ1v) is 6.81. The molecule has 0 fully saturated rings. The summed E-state index contributed by atoms with van der Waals surface area (Å²) in [5, 5.41) is 9.32. The molecule has 0 aliphatic heterocycles. The van der Waals surface area contributed by atoms with Gasteiger partial charge >= 0.3 is 5.97 Å². The zero-order valence-corrected chi connectivity index (χ0v) is 12.3. The van der Waals surface area contributed by atoms with E-state index in [4.69, 9.17) is 16.7 Å². The van der Waals surface area contributed by atoms with Crippen LogP contribution in [0, 0.1) is 0 Å². The Bertz CT molecular complexity index is 467. The molecule has 0 saturated heterocycles. The molecule has 0 saturated carbocycles. The minimum atomic E-state index is -0.976. The largest absolute Gasteiger partial charge is 0.478 e. The number of halogens is 1. The van der Waals surface area contributed by atoms with Crippen molar-refractivity contribution in [3.63, 3.8) is 0 Å². The van der Waals surface area contributed by atoms with E-state index >= 15 is 0 Å². The van der Waals surface area contributed by atoms with Crippen molar-refractivity contribution in [1.82, 2.24) is 0 Å². The lowest BCUT2D eigenvalue weighted by atomic mass is 10.1. The molecule has 0 radical (unpaired) electrons. The van der Waals surface area contributed by atoms with Gasteiger partial charge in [-0.2, -0.15) is 0 Å². The van der Waals surface area contributed by atoms with Gasteiger partial charge in [0.25, 0.3) is 0 Å². The second-order valence-corrected chi connectivity index (χ2v) is 4.83. The summed E-state index contributed by atoms with van der Waals surface area (Å²) in [7, 11) is 2.02. The lowest BCUT2D eigenvalue weighted by molar-refractivity contribution is -0.131. The van der Waals surface area contributed by atoms with Crippen molar-refractivity contribution in [2.24, 2.45) is 0 Å². The van der Waals surface area contributed by atoms with Crippen LogP contribution in [0.5, 0.6) is 0 Å². The van der Waals surface area contributed by atoms with Crippen LogP contribution < -0.4 is 4.90 Å². The second-order valence-electron chi connectivity index (χ2n) is 4.43. The number of benzene rings is 1. The van der Waals surface area contributed by atoms with Crippen molar-refractivity contribution in [2.45, 2.75) is 32.7 Å². The van der Waals surface area contributed by atoms with Crippen molar-refractivity contribution < 1.29 is 9.90 Å². The molecule has 0 atom stereocenters. The number of nitrogens with zero attached hydrogens (tertiary/aromatic N) is 1. The molecular formula is C15H20ClNO2. The van der Waals surface area contributed by atoms with Crippen molar-refractivity contribution in [2.75, 3.05) is 11.9 Å². The minimum absolute atomic E-state index is 0.412. The van der Waals surface area contributed by atoms with Gasteiger partial charge in [0, 0.05) is 35.4 Å². The summed E-state index contributed by atoms with van der Waals surface area (Å²) in [6, 6.07) is 6.03. The van der Waals surface area contributed by atoms with Gasteiger partial charge in [-0.15, -0.1) is 0 Å². The summed E-state index contributed by atoms with van der Waals surface area (Å²) in [5.74, 6) is -0.976. The molecule has 0 spiro atoms. The smallest absolute Gasteiger partial charge is 0.328 e. The highest BCUT2D eigenvalue weighted by Crippen LogP contribution is 2.30. The third-order valence-corrected chi connectivity index (χ3v) is 3.62. The summed E-state index contributed by atoms with van der Waals surface area (Å²) in [6.45, 7) is 4.28. The molecule has 1 N–H and O–H groups in total. The molecule has 0 heterocycles. The fourth-order valence-electron chi connectivity index (χ4n) is 2.19. The molecule has 0 aliphatic rings. The highest BCUT2D eigenvalue weighted by molar-refractivity contribution is 6.32. The van der Waals surface area contributed by atoms with E-state index in [2.05, 4.69) is 18.7 Å². The van der Waals surface area contributed by atoms with Gasteiger partial charge in [0.05, 0.1) is 0 Å². The van der Waals surface area contributed by atoms with Crippen molar-refractivity contribution in [3.05, 3.63) is 34.9 Å². The van der Waals surface area contributed by atoms with E-state index in [1.54, 1.807) is 12.1 Å². The molecule has 0 amide bonds. The highest BCUT2D eigenvalue weighted by atomic mass is 35.5. The van der Waals surface area contributed by atoms with E-state index < -0.39 is 5.97 Å². The van der Waals surface area contributed by atoms with Gasteiger partial charge in [0.2, 0.25) is 0 Å². The van der Waals surface area contributed by atoms with Crippen LogP contribution in [0.1, 0.15) is 32.3 Å². The molecule has 1 aromatic rings. The van der Waals surface area contributed by atoms with Crippen LogP contribution in [0.4, 0.5) is 5.69 Å². The van der Waals surface area contributed by atoms with E-state index in [0.29, 0.717) is 11.1 Å². The molecule has 3 nitrogen and oxygen atoms in total. The number of carbonyl (C=O) groups is 1. The quantitative estimate of drug-likeness (QED) is 0.799. The maximum atomic E-state index is 10.7. The lowest BCUT2D eigenvalue weighted by Gasteiger charge is -2.30. The van der Waals surface area contributed by atoms with Gasteiger partial charge in [-0.25, -0.2) is 4.79 Å². The SMILES string of the molecule is CCC(CC)N(C)c1cccc(Cl)c1/C=C/C(=O)O. The Morgan fingerprint density at radius 2 is 2.05 bits per heavy atom. The molecule has 0 aromatic heterocycles. The summed E-state index contributed by atoms with van der Waals surface area (Å²) < 4.78 is 0. The van der Waals surface area contributed by atoms with Gasteiger partial charge in [0.15, 0.2) is 0 Å². The van der Waals surface area contributed by atoms with Crippen molar-refractivity contribution >= 4 is 29.3 Å². The Morgan fingerprint density at radius 3 is 2.58 bits per heavy atom. The third-order valence-electron chi connectivity index (χ3n) is 3.29. The normalized spacial score (nSPS) is 11.2. The van der Waals surface area contributed by atoms with Gasteiger partial charge in [0.1, 0.15) is 0 Å². The maximum absolute atomic E-state index is 10.7. The molecule has 1 rings (SSSR count). The predicted octanol–water partition coefficient (Wildman–Crippen LogP) is 4.06. The number of aliphatic carboxylic acids is 1. The zero-order chi connectivity index (χ0) is 14.4. The monoisotopic (exact) mass is 281 g/mol. The molecule has 1 aromatic carbocycles. The minimum Gasteiger partial charge on any atom is -0.478 e. The standard InChI is InChI=1S/C15H20ClNO2/c1-4-11(5-2)17(3)14-8-6-7-13(16)12(14)9-10-15(18)19/h6-11H,4-5H2,1-3H3,(H,18,19)/b10-9+. The number of carboxylic acid groups (broad SMARTS) is 1. The number of anilines is 1. The number of carboxylic acids is 1. The van der Waals surface area contributed by atoms with Crippen LogP contribution in [0.25, 0.3) is 6.08 Å². The third kappa shape index (κ3) is 4.00. The van der Waals surface area contributed by atoms with E-state index in [1.165, 1.54) is 0 Å². The maximum Gasteiger partial charge on any atom is 0.328 e. The topological polar surface area (TPSA) is 40.5 Å². The van der Waals surface area contributed by atoms with Crippen molar-refractivity contribution in [1.29, 1.82) is 0 Å². The van der Waals surface area contributed by atoms with E-state index in [1.807, 2.05) is 19.2 Å². The van der Waals surface area contributed by atoms with Gasteiger partial charge in [-0.1, -0.05) is 31.5 Å². The van der Waals surface area contributed by atoms with Crippen LogP contribution in [-0.4, -0.2) is 24.2 Å². The highest BCUT2D eigenvalue weighted by Gasteiger charge is 2.15. The first kappa shape index (κ1) is 15.6. The van der Waals surface area contributed by atoms with Gasteiger partial charge in [-0.3, -0.25) is 0 Å². The summed E-state index contributed by atoms with van der Waals surface area (Å²) in [6.07, 6.45) is 4.73. The second kappa shape index (κ2) is 7.19. The van der Waals surface area contributed by atoms with Crippen LogP contribution in [0.3, 0.4) is 0 Å². The van der Waals surface area contributed by atoms with Crippen molar-refractivity contribution in [3.8, 4) is 0 Å². The fourth-order valence-corrected chi connectivity index (χ4v) is 2.42. The van der Waals surface area contributed by atoms with Gasteiger partial charge < -0.3 is 10.0 Å². The zero-order valence-electron chi connectivity index (χ0n) is 11.6. The molecule has 19 heavy (non-hydrogen) atoms. The molecule has 0 unspecified atom stereocenters. The van der Waals surface area contributed by atoms with E-state index in [0.717, 1.165) is 30.2 Å². The summed E-state index contributed by atoms with van der Waals surface area (Å²) in [5.41, 5.74) is 1.71. The Morgan fingerprint density at radius 1 is 1.42 bits per heavy atom. The molecule has 104 valence electrons. The Labute approximate surface area is 119 Å². The van der Waals surface area contributed by atoms with E-state index in [9.17, 15) is 4.79 Å². The van der Waals surface area contributed by atoms with Crippen LogP contribution in [0.2, 0.25) is 5.02 Å². The average Bonchev–Trinajstić information content (AvgIpc) is 2.38. The first-order chi connectivity index (χ1) is 9.01. The Balaban J connectivity index is 3.19. The van der Waals surface area contributed by atoms with E-state index in [-0.39, 0.29) is 0 Å². The fraction of sp³-hybridized carbons (Fsp3) is 0.400. The van der Waals surface area contributed by atoms with Gasteiger partial charge in [-0.05, 0) is 31.1 Å². The lowest BCUT2D eigenvalue weighted by Crippen LogP contribution is -2.30. The molecular weight excluding hydrogens is 262 g/mol. The molecule has 0 bridgehead atoms. The first-order valence-electron chi connectivity index (χ1n) is 6.43. The number of hydrogen-bond acceptors (Lipinski definition) is 2. The Kier molecular flexibility index (Phi) is 5.90. The van der Waals surface area contributed by atoms with Crippen LogP contribution in [-0.2, 0) is 4.79 Å². The predicted molar refractivity (Wildman–Crippen MR) is 80.9 cm³/mol. The number of hydrogen-bond donors (Lipinski definition) is 1. The summed E-state index contributed by atoms with van der Waals surface area (Å²) in [4.78, 5) is 12.8.